The summed E-state index contributed by atoms with van der Waals surface area (Å²) in [7, 11) is 1.27. The van der Waals surface area contributed by atoms with Gasteiger partial charge in [-0.25, -0.2) is 4.79 Å². The molecule has 0 aromatic carbocycles. The number of aromatic nitrogens is 2. The topological polar surface area (TPSA) is 101 Å². The van der Waals surface area contributed by atoms with Crippen LogP contribution in [0.1, 0.15) is 23.8 Å². The Hall–Kier alpha value is -2.18. The highest BCUT2D eigenvalue weighted by atomic mass is 16.5. The van der Waals surface area contributed by atoms with Gasteiger partial charge in [0.1, 0.15) is 5.82 Å². The van der Waals surface area contributed by atoms with E-state index in [1.54, 1.807) is 6.07 Å². The van der Waals surface area contributed by atoms with Gasteiger partial charge in [0.25, 0.3) is 0 Å². The lowest BCUT2D eigenvalue weighted by atomic mass is 10.1. The van der Waals surface area contributed by atoms with Gasteiger partial charge in [0.2, 0.25) is 0 Å². The van der Waals surface area contributed by atoms with Gasteiger partial charge in [-0.3, -0.25) is 4.79 Å². The first-order valence-electron chi connectivity index (χ1n) is 5.40. The molecule has 0 bridgehead atoms. The first kappa shape index (κ1) is 13.9. The van der Waals surface area contributed by atoms with E-state index in [-0.39, 0.29) is 18.0 Å². The van der Waals surface area contributed by atoms with Crippen molar-refractivity contribution in [1.29, 1.82) is 0 Å². The number of methoxy groups -OCH3 is 1. The number of ether oxygens (including phenoxy) is 1. The highest BCUT2D eigenvalue weighted by Gasteiger charge is 2.09. The van der Waals surface area contributed by atoms with E-state index in [1.165, 1.54) is 13.2 Å². The Morgan fingerprint density at radius 2 is 2.17 bits per heavy atom. The van der Waals surface area contributed by atoms with Crippen molar-refractivity contribution in [3.05, 3.63) is 17.8 Å². The summed E-state index contributed by atoms with van der Waals surface area (Å²) >= 11 is 0. The Morgan fingerprint density at radius 1 is 1.44 bits per heavy atom. The van der Waals surface area contributed by atoms with E-state index in [0.717, 1.165) is 0 Å². The molecule has 0 spiro atoms. The number of carboxylic acids is 1. The molecule has 0 aliphatic heterocycles. The molecule has 18 heavy (non-hydrogen) atoms. The fourth-order valence-corrected chi connectivity index (χ4v) is 1.29. The largest absolute Gasteiger partial charge is 0.481 e. The minimum absolute atomic E-state index is 0.0235. The van der Waals surface area contributed by atoms with Crippen molar-refractivity contribution in [2.45, 2.75) is 13.3 Å². The molecule has 1 rings (SSSR count). The first-order chi connectivity index (χ1) is 8.52. The van der Waals surface area contributed by atoms with E-state index < -0.39 is 11.9 Å². The molecule has 7 nitrogen and oxygen atoms in total. The SMILES string of the molecule is COC(=O)c1ccc(NCC(C)CC(=O)O)nn1. The van der Waals surface area contributed by atoms with Crippen LogP contribution in [0.3, 0.4) is 0 Å². The molecule has 0 fully saturated rings. The van der Waals surface area contributed by atoms with Crippen molar-refractivity contribution in [1.82, 2.24) is 10.2 Å². The summed E-state index contributed by atoms with van der Waals surface area (Å²) in [6, 6.07) is 3.08. The number of aliphatic carboxylic acids is 1. The standard InChI is InChI=1S/C11H15N3O4/c1-7(5-10(15)16)6-12-9-4-3-8(13-14-9)11(17)18-2/h3-4,7H,5-6H2,1-2H3,(H,12,14)(H,15,16). The van der Waals surface area contributed by atoms with Crippen LogP contribution in [0.15, 0.2) is 12.1 Å². The Kier molecular flexibility index (Phi) is 5.04. The average Bonchev–Trinajstić information content (AvgIpc) is 2.35. The monoisotopic (exact) mass is 253 g/mol. The predicted octanol–water partition coefficient (Wildman–Crippen LogP) is 0.786. The summed E-state index contributed by atoms with van der Waals surface area (Å²) < 4.78 is 4.49. The van der Waals surface area contributed by atoms with Crippen LogP contribution in [0, 0.1) is 5.92 Å². The molecule has 0 amide bonds. The molecule has 0 saturated carbocycles. The van der Waals surface area contributed by atoms with E-state index in [2.05, 4.69) is 20.3 Å². The number of rotatable bonds is 6. The van der Waals surface area contributed by atoms with Gasteiger partial charge in [-0.1, -0.05) is 6.92 Å². The number of nitrogens with zero attached hydrogens (tertiary/aromatic N) is 2. The maximum Gasteiger partial charge on any atom is 0.358 e. The minimum atomic E-state index is -0.837. The number of carboxylic acid groups (broad SMARTS) is 1. The number of esters is 1. The number of hydrogen-bond donors (Lipinski definition) is 2. The molecule has 1 aromatic rings. The molecule has 1 heterocycles. The summed E-state index contributed by atoms with van der Waals surface area (Å²) in [5.41, 5.74) is 0.127. The number of hydrogen-bond acceptors (Lipinski definition) is 6. The van der Waals surface area contributed by atoms with E-state index in [1.807, 2.05) is 6.92 Å². The van der Waals surface area contributed by atoms with Crippen molar-refractivity contribution in [3.63, 3.8) is 0 Å². The molecule has 0 radical (unpaired) electrons. The number of nitrogens with one attached hydrogen (secondary N) is 1. The lowest BCUT2D eigenvalue weighted by Crippen LogP contribution is -2.16. The molecule has 0 aliphatic rings. The summed E-state index contributed by atoms with van der Waals surface area (Å²) in [4.78, 5) is 21.6. The molecule has 98 valence electrons. The number of carbonyl (C=O) groups is 2. The van der Waals surface area contributed by atoms with Crippen molar-refractivity contribution in [2.24, 2.45) is 5.92 Å². The summed E-state index contributed by atoms with van der Waals surface area (Å²) in [5, 5.41) is 19.0. The van der Waals surface area contributed by atoms with Crippen LogP contribution < -0.4 is 5.32 Å². The lowest BCUT2D eigenvalue weighted by Gasteiger charge is -2.10. The van der Waals surface area contributed by atoms with Crippen molar-refractivity contribution in [3.8, 4) is 0 Å². The van der Waals surface area contributed by atoms with Gasteiger partial charge in [0.15, 0.2) is 5.69 Å². The first-order valence-corrected chi connectivity index (χ1v) is 5.40. The third-order valence-corrected chi connectivity index (χ3v) is 2.21. The van der Waals surface area contributed by atoms with Crippen LogP contribution in [-0.2, 0) is 9.53 Å². The van der Waals surface area contributed by atoms with E-state index in [9.17, 15) is 9.59 Å². The number of carbonyl (C=O) groups excluding carboxylic acids is 1. The zero-order valence-corrected chi connectivity index (χ0v) is 10.2. The highest BCUT2D eigenvalue weighted by Crippen LogP contribution is 2.06. The second kappa shape index (κ2) is 6.53. The van der Waals surface area contributed by atoms with E-state index in [4.69, 9.17) is 5.11 Å². The third-order valence-electron chi connectivity index (χ3n) is 2.21. The smallest absolute Gasteiger partial charge is 0.358 e. The fourth-order valence-electron chi connectivity index (χ4n) is 1.29. The molecule has 0 aliphatic carbocycles. The minimum Gasteiger partial charge on any atom is -0.481 e. The Labute approximate surface area is 104 Å². The second-order valence-electron chi connectivity index (χ2n) is 3.88. The molecule has 1 aromatic heterocycles. The van der Waals surface area contributed by atoms with Crippen LogP contribution in [0.2, 0.25) is 0 Å². The highest BCUT2D eigenvalue weighted by molar-refractivity contribution is 5.86. The molecular weight excluding hydrogens is 238 g/mol. The summed E-state index contributed by atoms with van der Waals surface area (Å²) in [6.45, 7) is 2.29. The van der Waals surface area contributed by atoms with Crippen LogP contribution in [0.25, 0.3) is 0 Å². The Balaban J connectivity index is 2.49. The van der Waals surface area contributed by atoms with Crippen molar-refractivity contribution in [2.75, 3.05) is 19.0 Å². The molecular formula is C11H15N3O4. The normalized spacial score (nSPS) is 11.7. The van der Waals surface area contributed by atoms with E-state index in [0.29, 0.717) is 12.4 Å². The van der Waals surface area contributed by atoms with Crippen LogP contribution in [0.5, 0.6) is 0 Å². The average molecular weight is 253 g/mol. The predicted molar refractivity (Wildman–Crippen MR) is 63.3 cm³/mol. The Morgan fingerprint density at radius 3 is 2.67 bits per heavy atom. The molecule has 1 unspecified atom stereocenters. The van der Waals surface area contributed by atoms with Gasteiger partial charge in [-0.05, 0) is 18.1 Å². The van der Waals surface area contributed by atoms with Gasteiger partial charge in [0.05, 0.1) is 7.11 Å². The molecule has 2 N–H and O–H groups in total. The lowest BCUT2D eigenvalue weighted by molar-refractivity contribution is -0.137. The van der Waals surface area contributed by atoms with Gasteiger partial charge in [0, 0.05) is 13.0 Å². The van der Waals surface area contributed by atoms with Crippen LogP contribution in [-0.4, -0.2) is 40.9 Å². The van der Waals surface area contributed by atoms with Gasteiger partial charge >= 0.3 is 11.9 Å². The third kappa shape index (κ3) is 4.36. The quantitative estimate of drug-likeness (QED) is 0.722. The zero-order chi connectivity index (χ0) is 13.5. The second-order valence-corrected chi connectivity index (χ2v) is 3.88. The van der Waals surface area contributed by atoms with E-state index >= 15 is 0 Å². The zero-order valence-electron chi connectivity index (χ0n) is 10.2. The molecule has 7 heteroatoms. The fraction of sp³-hybridized carbons (Fsp3) is 0.455. The van der Waals surface area contributed by atoms with Crippen molar-refractivity contribution >= 4 is 17.8 Å². The van der Waals surface area contributed by atoms with Crippen LogP contribution in [0.4, 0.5) is 5.82 Å². The van der Waals surface area contributed by atoms with Gasteiger partial charge < -0.3 is 15.2 Å². The maximum atomic E-state index is 11.1. The van der Waals surface area contributed by atoms with Crippen LogP contribution >= 0.6 is 0 Å². The maximum absolute atomic E-state index is 11.1. The molecule has 0 saturated heterocycles. The van der Waals surface area contributed by atoms with Gasteiger partial charge in [-0.15, -0.1) is 10.2 Å². The van der Waals surface area contributed by atoms with Crippen molar-refractivity contribution < 1.29 is 19.4 Å². The van der Waals surface area contributed by atoms with Gasteiger partial charge in [-0.2, -0.15) is 0 Å². The number of anilines is 1. The summed E-state index contributed by atoms with van der Waals surface area (Å²) in [6.07, 6.45) is 0.0840. The Bertz CT molecular complexity index is 419. The summed E-state index contributed by atoms with van der Waals surface area (Å²) in [5.74, 6) is -0.922. The molecule has 1 atom stereocenters.